The number of thiocarbonyl (C=S) groups is 1. The summed E-state index contributed by atoms with van der Waals surface area (Å²) in [4.78, 5) is 0. The van der Waals surface area contributed by atoms with Gasteiger partial charge in [-0.25, -0.2) is 0 Å². The van der Waals surface area contributed by atoms with Crippen molar-refractivity contribution in [1.29, 1.82) is 0 Å². The fraction of sp³-hybridized carbons (Fsp3) is 0.350. The lowest BCUT2D eigenvalue weighted by atomic mass is 9.98. The summed E-state index contributed by atoms with van der Waals surface area (Å²) >= 11 is 5.48. The van der Waals surface area contributed by atoms with Crippen LogP contribution in [0.3, 0.4) is 0 Å². The van der Waals surface area contributed by atoms with Crippen molar-refractivity contribution in [3.8, 4) is 11.5 Å². The third-order valence-corrected chi connectivity index (χ3v) is 4.57. The summed E-state index contributed by atoms with van der Waals surface area (Å²) < 4.78 is 10.7. The Morgan fingerprint density at radius 3 is 2.40 bits per heavy atom. The lowest BCUT2D eigenvalue weighted by Gasteiger charge is -2.20. The molecule has 4 nitrogen and oxygen atoms in total. The minimum absolute atomic E-state index is 0.176. The molecule has 2 aromatic carbocycles. The van der Waals surface area contributed by atoms with Crippen LogP contribution in [0, 0.1) is 0 Å². The molecule has 0 radical (unpaired) electrons. The highest BCUT2D eigenvalue weighted by Crippen LogP contribution is 2.34. The van der Waals surface area contributed by atoms with Crippen molar-refractivity contribution < 1.29 is 9.47 Å². The maximum absolute atomic E-state index is 5.48. The number of nitrogens with one attached hydrogen (secondary N) is 2. The highest BCUT2D eigenvalue weighted by Gasteiger charge is 2.15. The van der Waals surface area contributed by atoms with Crippen LogP contribution in [0.4, 0.5) is 5.69 Å². The topological polar surface area (TPSA) is 42.5 Å². The molecule has 0 saturated heterocycles. The van der Waals surface area contributed by atoms with Crippen LogP contribution in [0.25, 0.3) is 0 Å². The molecule has 0 aromatic heterocycles. The number of fused-ring (bicyclic) bond motifs is 1. The Balaban J connectivity index is 1.64. The first kappa shape index (κ1) is 17.5. The Hall–Kier alpha value is -2.27. The fourth-order valence-electron chi connectivity index (χ4n) is 2.83. The van der Waals surface area contributed by atoms with Gasteiger partial charge in [0.1, 0.15) is 0 Å². The van der Waals surface area contributed by atoms with Gasteiger partial charge in [0, 0.05) is 11.8 Å². The van der Waals surface area contributed by atoms with E-state index in [1.807, 2.05) is 18.2 Å². The van der Waals surface area contributed by atoms with E-state index in [9.17, 15) is 0 Å². The molecule has 0 bridgehead atoms. The van der Waals surface area contributed by atoms with Crippen LogP contribution in [0.5, 0.6) is 11.5 Å². The van der Waals surface area contributed by atoms with E-state index in [1.54, 1.807) is 0 Å². The van der Waals surface area contributed by atoms with Gasteiger partial charge in [-0.2, -0.15) is 0 Å². The van der Waals surface area contributed by atoms with E-state index in [0.29, 0.717) is 11.0 Å². The first-order valence-corrected chi connectivity index (χ1v) is 9.04. The van der Waals surface area contributed by atoms with Gasteiger partial charge in [-0.15, -0.1) is 0 Å². The molecular weight excluding hydrogens is 332 g/mol. The van der Waals surface area contributed by atoms with Gasteiger partial charge in [0.2, 0.25) is 6.79 Å². The number of benzene rings is 2. The summed E-state index contributed by atoms with van der Waals surface area (Å²) in [5.41, 5.74) is 3.47. The predicted octanol–water partition coefficient (Wildman–Crippen LogP) is 4.98. The second-order valence-corrected chi connectivity index (χ2v) is 6.86. The van der Waals surface area contributed by atoms with Gasteiger partial charge in [0.05, 0.1) is 6.04 Å². The van der Waals surface area contributed by atoms with Crippen molar-refractivity contribution in [3.05, 3.63) is 53.6 Å². The molecule has 0 aliphatic carbocycles. The first-order valence-electron chi connectivity index (χ1n) is 8.64. The van der Waals surface area contributed by atoms with E-state index in [2.05, 4.69) is 55.7 Å². The second kappa shape index (κ2) is 7.74. The average Bonchev–Trinajstić information content (AvgIpc) is 3.07. The number of ether oxygens (including phenoxy) is 2. The van der Waals surface area contributed by atoms with E-state index in [4.69, 9.17) is 21.7 Å². The summed E-state index contributed by atoms with van der Waals surface area (Å²) in [6.45, 7) is 6.83. The largest absolute Gasteiger partial charge is 0.454 e. The zero-order chi connectivity index (χ0) is 17.8. The third-order valence-electron chi connectivity index (χ3n) is 4.35. The van der Waals surface area contributed by atoms with Crippen LogP contribution in [0.2, 0.25) is 0 Å². The fourth-order valence-corrected chi connectivity index (χ4v) is 3.09. The summed E-state index contributed by atoms with van der Waals surface area (Å²) in [6.07, 6.45) is 0.948. The minimum Gasteiger partial charge on any atom is -0.454 e. The Bertz CT molecular complexity index is 744. The van der Waals surface area contributed by atoms with Crippen molar-refractivity contribution >= 4 is 23.0 Å². The molecule has 25 heavy (non-hydrogen) atoms. The monoisotopic (exact) mass is 356 g/mol. The number of hydrogen-bond acceptors (Lipinski definition) is 3. The average molecular weight is 356 g/mol. The molecule has 2 N–H and O–H groups in total. The van der Waals surface area contributed by atoms with Crippen LogP contribution >= 0.6 is 12.2 Å². The number of hydrogen-bond donors (Lipinski definition) is 2. The molecule has 1 atom stereocenters. The quantitative estimate of drug-likeness (QED) is 0.740. The number of rotatable bonds is 5. The van der Waals surface area contributed by atoms with E-state index in [0.717, 1.165) is 23.6 Å². The molecule has 1 aliphatic heterocycles. The summed E-state index contributed by atoms with van der Waals surface area (Å²) in [6, 6.07) is 14.6. The predicted molar refractivity (Wildman–Crippen MR) is 105 cm³/mol. The molecule has 132 valence electrons. The van der Waals surface area contributed by atoms with Gasteiger partial charge in [0.25, 0.3) is 0 Å². The van der Waals surface area contributed by atoms with Gasteiger partial charge in [-0.3, -0.25) is 0 Å². The molecule has 1 unspecified atom stereocenters. The summed E-state index contributed by atoms with van der Waals surface area (Å²) in [7, 11) is 0. The molecular formula is C20H24N2O2S. The highest BCUT2D eigenvalue weighted by molar-refractivity contribution is 7.80. The van der Waals surface area contributed by atoms with E-state index in [-0.39, 0.29) is 12.8 Å². The number of anilines is 1. The summed E-state index contributed by atoms with van der Waals surface area (Å²) in [5, 5.41) is 7.21. The molecule has 0 fully saturated rings. The Labute approximate surface area is 154 Å². The van der Waals surface area contributed by atoms with Gasteiger partial charge in [-0.1, -0.05) is 45.0 Å². The normalized spacial score (nSPS) is 13.6. The van der Waals surface area contributed by atoms with E-state index in [1.165, 1.54) is 11.1 Å². The smallest absolute Gasteiger partial charge is 0.231 e. The first-order chi connectivity index (χ1) is 12.1. The molecule has 5 heteroatoms. The van der Waals surface area contributed by atoms with Crippen molar-refractivity contribution in [1.82, 2.24) is 5.32 Å². The lowest BCUT2D eigenvalue weighted by Crippen LogP contribution is -2.32. The summed E-state index contributed by atoms with van der Waals surface area (Å²) in [5.74, 6) is 2.04. The molecule has 1 aliphatic rings. The van der Waals surface area contributed by atoms with Gasteiger partial charge in [0.15, 0.2) is 16.6 Å². The molecule has 3 rings (SSSR count). The SMILES string of the molecule is CCC(NC(=S)Nc1ccc2c(c1)OCO2)c1ccc(C(C)C)cc1. The van der Waals surface area contributed by atoms with Crippen molar-refractivity contribution in [2.45, 2.75) is 39.2 Å². The molecule has 2 aromatic rings. The van der Waals surface area contributed by atoms with Crippen LogP contribution in [0.1, 0.15) is 50.3 Å². The minimum atomic E-state index is 0.176. The van der Waals surface area contributed by atoms with Gasteiger partial charge in [-0.05, 0) is 47.8 Å². The highest BCUT2D eigenvalue weighted by atomic mass is 32.1. The van der Waals surface area contributed by atoms with Crippen LogP contribution < -0.4 is 20.1 Å². The zero-order valence-corrected chi connectivity index (χ0v) is 15.7. The molecule has 0 saturated carbocycles. The van der Waals surface area contributed by atoms with Gasteiger partial charge < -0.3 is 20.1 Å². The van der Waals surface area contributed by atoms with Crippen LogP contribution in [0.15, 0.2) is 42.5 Å². The standard InChI is InChI=1S/C20H24N2O2S/c1-4-17(15-7-5-14(6-8-15)13(2)3)22-20(25)21-16-9-10-18-19(11-16)24-12-23-18/h5-11,13,17H,4,12H2,1-3H3,(H2,21,22,25). The zero-order valence-electron chi connectivity index (χ0n) is 14.8. The van der Waals surface area contributed by atoms with Crippen LogP contribution in [-0.2, 0) is 0 Å². The van der Waals surface area contributed by atoms with E-state index < -0.39 is 0 Å². The van der Waals surface area contributed by atoms with Crippen molar-refractivity contribution in [3.63, 3.8) is 0 Å². The Kier molecular flexibility index (Phi) is 5.43. The van der Waals surface area contributed by atoms with Crippen molar-refractivity contribution in [2.24, 2.45) is 0 Å². The third kappa shape index (κ3) is 4.23. The Morgan fingerprint density at radius 1 is 1.04 bits per heavy atom. The Morgan fingerprint density at radius 2 is 1.72 bits per heavy atom. The van der Waals surface area contributed by atoms with E-state index >= 15 is 0 Å². The van der Waals surface area contributed by atoms with Gasteiger partial charge >= 0.3 is 0 Å². The molecule has 1 heterocycles. The maximum atomic E-state index is 5.48. The maximum Gasteiger partial charge on any atom is 0.231 e. The molecule has 0 amide bonds. The van der Waals surface area contributed by atoms with Crippen molar-refractivity contribution in [2.75, 3.05) is 12.1 Å². The van der Waals surface area contributed by atoms with Crippen LogP contribution in [-0.4, -0.2) is 11.9 Å². The molecule has 0 spiro atoms. The second-order valence-electron chi connectivity index (χ2n) is 6.45. The lowest BCUT2D eigenvalue weighted by molar-refractivity contribution is 0.174.